The van der Waals surface area contributed by atoms with E-state index in [2.05, 4.69) is 29.1 Å². The monoisotopic (exact) mass is 292 g/mol. The third-order valence-electron chi connectivity index (χ3n) is 2.95. The number of hydrogen-bond acceptors (Lipinski definition) is 6. The van der Waals surface area contributed by atoms with Crippen molar-refractivity contribution in [3.05, 3.63) is 29.2 Å². The van der Waals surface area contributed by atoms with Crippen LogP contribution in [0.3, 0.4) is 0 Å². The molecule has 7 heteroatoms. The molecule has 1 amide bonds. The van der Waals surface area contributed by atoms with Gasteiger partial charge in [0.05, 0.1) is 5.69 Å². The summed E-state index contributed by atoms with van der Waals surface area (Å²) < 4.78 is 10.2. The first kappa shape index (κ1) is 15.2. The molecule has 0 saturated carbocycles. The molecular formula is C14H20N4O3. The van der Waals surface area contributed by atoms with E-state index < -0.39 is 0 Å². The number of carbonyl (C=O) groups is 1. The van der Waals surface area contributed by atoms with Crippen LogP contribution in [0.5, 0.6) is 0 Å². The molecule has 0 fully saturated rings. The Hall–Kier alpha value is -2.18. The maximum atomic E-state index is 12.4. The van der Waals surface area contributed by atoms with Gasteiger partial charge in [-0.15, -0.1) is 0 Å². The van der Waals surface area contributed by atoms with Gasteiger partial charge in [0.15, 0.2) is 5.82 Å². The average molecular weight is 292 g/mol. The molecule has 0 aliphatic carbocycles. The Morgan fingerprint density at radius 2 is 2.10 bits per heavy atom. The van der Waals surface area contributed by atoms with E-state index in [1.165, 1.54) is 0 Å². The fourth-order valence-electron chi connectivity index (χ4n) is 1.98. The normalized spacial score (nSPS) is 11.1. The molecule has 7 nitrogen and oxygen atoms in total. The van der Waals surface area contributed by atoms with Gasteiger partial charge in [0, 0.05) is 12.6 Å². The summed E-state index contributed by atoms with van der Waals surface area (Å²) in [6, 6.07) is 1.70. The van der Waals surface area contributed by atoms with E-state index in [0.717, 1.165) is 12.1 Å². The molecule has 0 aromatic carbocycles. The number of amides is 1. The fourth-order valence-corrected chi connectivity index (χ4v) is 1.98. The molecule has 0 saturated heterocycles. The minimum atomic E-state index is -0.226. The zero-order valence-electron chi connectivity index (χ0n) is 12.8. The summed E-state index contributed by atoms with van der Waals surface area (Å²) in [7, 11) is 0. The Balaban J connectivity index is 2.07. The second-order valence-corrected chi connectivity index (χ2v) is 5.34. The number of rotatable bonds is 6. The van der Waals surface area contributed by atoms with Crippen LogP contribution in [0.4, 0.5) is 0 Å². The summed E-state index contributed by atoms with van der Waals surface area (Å²) >= 11 is 0. The lowest BCUT2D eigenvalue weighted by Gasteiger charge is -2.16. The number of aromatic nitrogens is 3. The van der Waals surface area contributed by atoms with Gasteiger partial charge in [-0.1, -0.05) is 24.2 Å². The third-order valence-corrected chi connectivity index (χ3v) is 2.95. The highest BCUT2D eigenvalue weighted by atomic mass is 16.5. The highest BCUT2D eigenvalue weighted by molar-refractivity contribution is 5.91. The van der Waals surface area contributed by atoms with Crippen LogP contribution in [0.2, 0.25) is 0 Å². The van der Waals surface area contributed by atoms with Crippen molar-refractivity contribution in [2.24, 2.45) is 5.92 Å². The van der Waals surface area contributed by atoms with Crippen molar-refractivity contribution in [2.45, 2.75) is 40.7 Å². The topological polar surface area (TPSA) is 85.3 Å². The first-order valence-electron chi connectivity index (χ1n) is 7.03. The quantitative estimate of drug-likeness (QED) is 0.811. The highest BCUT2D eigenvalue weighted by Crippen LogP contribution is 2.13. The Kier molecular flexibility index (Phi) is 4.72. The summed E-state index contributed by atoms with van der Waals surface area (Å²) in [5.74, 6) is 1.43. The lowest BCUT2D eigenvalue weighted by atomic mass is 10.1. The van der Waals surface area contributed by atoms with Crippen molar-refractivity contribution in [3.63, 3.8) is 0 Å². The highest BCUT2D eigenvalue weighted by Gasteiger charge is 2.21. The van der Waals surface area contributed by atoms with Crippen molar-refractivity contribution in [1.82, 2.24) is 20.2 Å². The van der Waals surface area contributed by atoms with Crippen molar-refractivity contribution < 1.29 is 13.8 Å². The number of nitrogens with zero attached hydrogens (tertiary/aromatic N) is 4. The van der Waals surface area contributed by atoms with Gasteiger partial charge in [-0.3, -0.25) is 4.79 Å². The second kappa shape index (κ2) is 6.51. The van der Waals surface area contributed by atoms with Crippen molar-refractivity contribution in [3.8, 4) is 0 Å². The van der Waals surface area contributed by atoms with Crippen LogP contribution in [0.25, 0.3) is 0 Å². The Bertz CT molecular complexity index is 603. The molecule has 21 heavy (non-hydrogen) atoms. The van der Waals surface area contributed by atoms with Gasteiger partial charge < -0.3 is 13.9 Å². The van der Waals surface area contributed by atoms with E-state index in [4.69, 9.17) is 9.05 Å². The van der Waals surface area contributed by atoms with Gasteiger partial charge in [0.1, 0.15) is 6.54 Å². The van der Waals surface area contributed by atoms with Gasteiger partial charge in [-0.05, 0) is 26.2 Å². The summed E-state index contributed by atoms with van der Waals surface area (Å²) in [6.07, 6.45) is 0.783. The van der Waals surface area contributed by atoms with Crippen LogP contribution >= 0.6 is 0 Å². The molecule has 2 rings (SSSR count). The standard InChI is InChI=1S/C14H20N4O3/c1-5-18(8-13-15-10(4)16-21-13)14(19)12-7-11(17-20-12)6-9(2)3/h7,9H,5-6,8H2,1-4H3. The van der Waals surface area contributed by atoms with Crippen molar-refractivity contribution >= 4 is 5.91 Å². The smallest absolute Gasteiger partial charge is 0.292 e. The first-order chi connectivity index (χ1) is 9.99. The Morgan fingerprint density at radius 1 is 1.33 bits per heavy atom. The predicted molar refractivity (Wildman–Crippen MR) is 74.5 cm³/mol. The molecule has 0 atom stereocenters. The lowest BCUT2D eigenvalue weighted by molar-refractivity contribution is 0.0692. The lowest BCUT2D eigenvalue weighted by Crippen LogP contribution is -2.30. The molecule has 2 aromatic heterocycles. The summed E-state index contributed by atoms with van der Waals surface area (Å²) in [4.78, 5) is 18.1. The molecule has 2 aromatic rings. The Labute approximate surface area is 123 Å². The largest absolute Gasteiger partial charge is 0.351 e. The van der Waals surface area contributed by atoms with Crippen LogP contribution in [0.1, 0.15) is 48.7 Å². The third kappa shape index (κ3) is 3.90. The average Bonchev–Trinajstić information content (AvgIpc) is 3.04. The minimum absolute atomic E-state index is 0.226. The number of aryl methyl sites for hydroxylation is 1. The van der Waals surface area contributed by atoms with Gasteiger partial charge in [-0.25, -0.2) is 0 Å². The summed E-state index contributed by atoms with van der Waals surface area (Å²) in [6.45, 7) is 8.57. The molecule has 0 unspecified atom stereocenters. The molecule has 114 valence electrons. The molecule has 0 aliphatic rings. The van der Waals surface area contributed by atoms with Crippen molar-refractivity contribution in [1.29, 1.82) is 0 Å². The Morgan fingerprint density at radius 3 is 2.67 bits per heavy atom. The minimum Gasteiger partial charge on any atom is -0.351 e. The fraction of sp³-hybridized carbons (Fsp3) is 0.571. The van der Waals surface area contributed by atoms with Crippen LogP contribution < -0.4 is 0 Å². The van der Waals surface area contributed by atoms with E-state index in [1.54, 1.807) is 17.9 Å². The van der Waals surface area contributed by atoms with Crippen LogP contribution in [0, 0.1) is 12.8 Å². The molecule has 0 bridgehead atoms. The predicted octanol–water partition coefficient (Wildman–Crippen LogP) is 2.23. The molecule has 2 heterocycles. The maximum Gasteiger partial charge on any atom is 0.292 e. The summed E-state index contributed by atoms with van der Waals surface area (Å²) in [5.41, 5.74) is 0.790. The first-order valence-corrected chi connectivity index (χ1v) is 7.03. The van der Waals surface area contributed by atoms with E-state index in [0.29, 0.717) is 24.2 Å². The van der Waals surface area contributed by atoms with Crippen LogP contribution in [-0.2, 0) is 13.0 Å². The van der Waals surface area contributed by atoms with E-state index in [9.17, 15) is 4.79 Å². The van der Waals surface area contributed by atoms with Crippen molar-refractivity contribution in [2.75, 3.05) is 6.54 Å². The molecule has 0 radical (unpaired) electrons. The van der Waals surface area contributed by atoms with Gasteiger partial charge in [0.25, 0.3) is 5.91 Å². The molecule has 0 N–H and O–H groups in total. The zero-order valence-corrected chi connectivity index (χ0v) is 12.8. The number of carbonyl (C=O) groups excluding carboxylic acids is 1. The van der Waals surface area contributed by atoms with Gasteiger partial charge in [0.2, 0.25) is 11.7 Å². The SMILES string of the molecule is CCN(Cc1nc(C)no1)C(=O)c1cc(CC(C)C)no1. The number of hydrogen-bond donors (Lipinski definition) is 0. The molecule has 0 spiro atoms. The van der Waals surface area contributed by atoms with Gasteiger partial charge in [-0.2, -0.15) is 4.98 Å². The van der Waals surface area contributed by atoms with E-state index in [-0.39, 0.29) is 18.2 Å². The summed E-state index contributed by atoms with van der Waals surface area (Å²) in [5, 5.41) is 7.64. The van der Waals surface area contributed by atoms with E-state index >= 15 is 0 Å². The van der Waals surface area contributed by atoms with E-state index in [1.807, 2.05) is 6.92 Å². The van der Waals surface area contributed by atoms with Gasteiger partial charge >= 0.3 is 0 Å². The maximum absolute atomic E-state index is 12.4. The second-order valence-electron chi connectivity index (χ2n) is 5.34. The molecular weight excluding hydrogens is 272 g/mol. The molecule has 0 aliphatic heterocycles. The van der Waals surface area contributed by atoms with Crippen LogP contribution in [0.15, 0.2) is 15.1 Å². The van der Waals surface area contributed by atoms with Crippen LogP contribution in [-0.4, -0.2) is 32.6 Å². The zero-order chi connectivity index (χ0) is 15.4.